The molecule has 24 heavy (non-hydrogen) atoms. The highest BCUT2D eigenvalue weighted by Crippen LogP contribution is 2.29. The van der Waals surface area contributed by atoms with Gasteiger partial charge in [0.2, 0.25) is 0 Å². The second kappa shape index (κ2) is 6.85. The van der Waals surface area contributed by atoms with Crippen LogP contribution in [0.2, 0.25) is 0 Å². The Morgan fingerprint density at radius 2 is 1.92 bits per heavy atom. The number of fused-ring (bicyclic) bond motifs is 1. The van der Waals surface area contributed by atoms with Crippen LogP contribution in [0, 0.1) is 0 Å². The van der Waals surface area contributed by atoms with Gasteiger partial charge >= 0.3 is 0 Å². The number of nitrogens with zero attached hydrogens (tertiary/aromatic N) is 3. The molecule has 1 aromatic heterocycles. The molecule has 1 fully saturated rings. The summed E-state index contributed by atoms with van der Waals surface area (Å²) in [5.74, 6) is 2.05. The number of benzene rings is 1. The number of hydrogen-bond acceptors (Lipinski definition) is 4. The maximum Gasteiger partial charge on any atom is 0.133 e. The number of aromatic nitrogens is 2. The maximum atomic E-state index is 5.26. The lowest BCUT2D eigenvalue weighted by molar-refractivity contribution is 0.230. The molecular weight excluding hydrogens is 300 g/mol. The van der Waals surface area contributed by atoms with E-state index in [1.165, 1.54) is 49.4 Å². The van der Waals surface area contributed by atoms with Crippen molar-refractivity contribution >= 4 is 5.82 Å². The summed E-state index contributed by atoms with van der Waals surface area (Å²) < 4.78 is 7.32. The minimum atomic E-state index is 0.876. The van der Waals surface area contributed by atoms with E-state index < -0.39 is 0 Å². The molecule has 3 heterocycles. The Balaban J connectivity index is 1.55. The highest BCUT2D eigenvalue weighted by molar-refractivity contribution is 5.57. The maximum absolute atomic E-state index is 5.26. The van der Waals surface area contributed by atoms with E-state index in [1.54, 1.807) is 7.11 Å². The van der Waals surface area contributed by atoms with Crippen LogP contribution in [0.15, 0.2) is 24.3 Å². The number of likely N-dealkylation sites (tertiary alicyclic amines) is 1. The monoisotopic (exact) mass is 326 g/mol. The molecule has 1 saturated heterocycles. The van der Waals surface area contributed by atoms with Crippen molar-refractivity contribution in [1.29, 1.82) is 0 Å². The van der Waals surface area contributed by atoms with Gasteiger partial charge in [0.1, 0.15) is 11.6 Å². The van der Waals surface area contributed by atoms with Crippen molar-refractivity contribution in [2.45, 2.75) is 32.1 Å². The SMILES string of the molecule is COc1ccc(-n2nc(CCN3CCCCC3)c3c2NCC3)cc1. The van der Waals surface area contributed by atoms with E-state index in [1.807, 2.05) is 12.1 Å². The molecule has 2 aromatic rings. The van der Waals surface area contributed by atoms with Crippen LogP contribution in [0.5, 0.6) is 5.75 Å². The number of hydrogen-bond donors (Lipinski definition) is 1. The van der Waals surface area contributed by atoms with Gasteiger partial charge in [-0.1, -0.05) is 6.42 Å². The molecule has 1 aromatic carbocycles. The standard InChI is InChI=1S/C19H26N4O/c1-24-16-7-5-15(6-8-16)23-19-17(9-11-20-19)18(21-23)10-14-22-12-3-2-4-13-22/h5-8,20H,2-4,9-14H2,1H3. The van der Waals surface area contributed by atoms with Crippen molar-refractivity contribution in [3.8, 4) is 11.4 Å². The average molecular weight is 326 g/mol. The fourth-order valence-corrected chi connectivity index (χ4v) is 3.80. The molecule has 0 atom stereocenters. The number of methoxy groups -OCH3 is 1. The minimum absolute atomic E-state index is 0.876. The minimum Gasteiger partial charge on any atom is -0.497 e. The predicted octanol–water partition coefficient (Wildman–Crippen LogP) is 2.88. The normalized spacial score (nSPS) is 17.5. The molecule has 0 radical (unpaired) electrons. The Bertz CT molecular complexity index is 686. The smallest absolute Gasteiger partial charge is 0.133 e. The summed E-state index contributed by atoms with van der Waals surface area (Å²) in [6, 6.07) is 8.12. The molecule has 0 saturated carbocycles. The quantitative estimate of drug-likeness (QED) is 0.917. The number of rotatable bonds is 5. The molecule has 0 unspecified atom stereocenters. The molecule has 0 spiro atoms. The summed E-state index contributed by atoms with van der Waals surface area (Å²) in [5.41, 5.74) is 3.75. The topological polar surface area (TPSA) is 42.3 Å². The third-order valence-corrected chi connectivity index (χ3v) is 5.16. The number of nitrogens with one attached hydrogen (secondary N) is 1. The number of ether oxygens (including phenoxy) is 1. The summed E-state index contributed by atoms with van der Waals surface area (Å²) in [6.07, 6.45) is 6.22. The van der Waals surface area contributed by atoms with Crippen molar-refractivity contribution in [2.24, 2.45) is 0 Å². The van der Waals surface area contributed by atoms with Crippen LogP contribution in [-0.2, 0) is 12.8 Å². The molecule has 5 nitrogen and oxygen atoms in total. The van der Waals surface area contributed by atoms with Gasteiger partial charge in [0.05, 0.1) is 18.5 Å². The van der Waals surface area contributed by atoms with Gasteiger partial charge in [0.25, 0.3) is 0 Å². The lowest BCUT2D eigenvalue weighted by Gasteiger charge is -2.26. The van der Waals surface area contributed by atoms with Crippen LogP contribution >= 0.6 is 0 Å². The highest BCUT2D eigenvalue weighted by Gasteiger charge is 2.23. The van der Waals surface area contributed by atoms with E-state index >= 15 is 0 Å². The van der Waals surface area contributed by atoms with Gasteiger partial charge in [-0.2, -0.15) is 5.10 Å². The first-order valence-electron chi connectivity index (χ1n) is 9.06. The second-order valence-corrected chi connectivity index (χ2v) is 6.71. The molecule has 0 amide bonds. The van der Waals surface area contributed by atoms with Crippen molar-refractivity contribution in [1.82, 2.24) is 14.7 Å². The van der Waals surface area contributed by atoms with Crippen LogP contribution < -0.4 is 10.1 Å². The van der Waals surface area contributed by atoms with Gasteiger partial charge in [-0.25, -0.2) is 4.68 Å². The van der Waals surface area contributed by atoms with E-state index in [0.29, 0.717) is 0 Å². The van der Waals surface area contributed by atoms with Gasteiger partial charge in [-0.05, 0) is 56.6 Å². The Morgan fingerprint density at radius 1 is 1.12 bits per heavy atom. The summed E-state index contributed by atoms with van der Waals surface area (Å²) in [7, 11) is 1.70. The molecule has 5 heteroatoms. The van der Waals surface area contributed by atoms with Gasteiger partial charge in [0, 0.05) is 25.1 Å². The van der Waals surface area contributed by atoms with Crippen LogP contribution in [0.25, 0.3) is 5.69 Å². The second-order valence-electron chi connectivity index (χ2n) is 6.71. The molecule has 0 aliphatic carbocycles. The van der Waals surface area contributed by atoms with E-state index in [4.69, 9.17) is 9.84 Å². The average Bonchev–Trinajstić information content (AvgIpc) is 3.24. The van der Waals surface area contributed by atoms with E-state index in [-0.39, 0.29) is 0 Å². The largest absolute Gasteiger partial charge is 0.497 e. The lowest BCUT2D eigenvalue weighted by atomic mass is 10.1. The molecule has 128 valence electrons. The molecular formula is C19H26N4O. The predicted molar refractivity (Wildman–Crippen MR) is 96.3 cm³/mol. The zero-order valence-electron chi connectivity index (χ0n) is 14.4. The molecule has 4 rings (SSSR count). The van der Waals surface area contributed by atoms with Crippen molar-refractivity contribution in [3.63, 3.8) is 0 Å². The zero-order chi connectivity index (χ0) is 16.4. The Kier molecular flexibility index (Phi) is 4.43. The van der Waals surface area contributed by atoms with E-state index in [2.05, 4.69) is 27.0 Å². The van der Waals surface area contributed by atoms with E-state index in [0.717, 1.165) is 37.4 Å². The van der Waals surface area contributed by atoms with Gasteiger partial charge in [0.15, 0.2) is 0 Å². The summed E-state index contributed by atoms with van der Waals surface area (Å²) in [6.45, 7) is 4.64. The summed E-state index contributed by atoms with van der Waals surface area (Å²) >= 11 is 0. The molecule has 2 aliphatic rings. The van der Waals surface area contributed by atoms with Gasteiger partial charge in [-0.15, -0.1) is 0 Å². The van der Waals surface area contributed by atoms with Crippen molar-refractivity contribution < 1.29 is 4.74 Å². The van der Waals surface area contributed by atoms with Crippen LogP contribution in [-0.4, -0.2) is 48.0 Å². The first-order valence-corrected chi connectivity index (χ1v) is 9.06. The summed E-state index contributed by atoms with van der Waals surface area (Å²) in [4.78, 5) is 2.59. The fraction of sp³-hybridized carbons (Fsp3) is 0.526. The summed E-state index contributed by atoms with van der Waals surface area (Å²) in [5, 5.41) is 8.44. The van der Waals surface area contributed by atoms with Crippen LogP contribution in [0.1, 0.15) is 30.5 Å². The molecule has 1 N–H and O–H groups in total. The number of piperidine rings is 1. The van der Waals surface area contributed by atoms with Crippen LogP contribution in [0.3, 0.4) is 0 Å². The van der Waals surface area contributed by atoms with Crippen molar-refractivity contribution in [3.05, 3.63) is 35.5 Å². The number of anilines is 1. The zero-order valence-corrected chi connectivity index (χ0v) is 14.4. The van der Waals surface area contributed by atoms with Gasteiger partial charge < -0.3 is 15.0 Å². The van der Waals surface area contributed by atoms with Crippen molar-refractivity contribution in [2.75, 3.05) is 38.6 Å². The van der Waals surface area contributed by atoms with Crippen LogP contribution in [0.4, 0.5) is 5.82 Å². The highest BCUT2D eigenvalue weighted by atomic mass is 16.5. The first-order chi connectivity index (χ1) is 11.8. The third kappa shape index (κ3) is 3.00. The third-order valence-electron chi connectivity index (χ3n) is 5.16. The fourth-order valence-electron chi connectivity index (χ4n) is 3.80. The Hall–Kier alpha value is -2.01. The van der Waals surface area contributed by atoms with E-state index in [9.17, 15) is 0 Å². The lowest BCUT2D eigenvalue weighted by Crippen LogP contribution is -2.31. The first kappa shape index (κ1) is 15.5. The Labute approximate surface area is 143 Å². The van der Waals surface area contributed by atoms with Gasteiger partial charge in [-0.3, -0.25) is 0 Å². The molecule has 0 bridgehead atoms. The molecule has 2 aliphatic heterocycles. The Morgan fingerprint density at radius 3 is 2.67 bits per heavy atom.